The molecule has 1 aliphatic carbocycles. The second kappa shape index (κ2) is 6.68. The Hall–Kier alpha value is -0.940. The van der Waals surface area contributed by atoms with Crippen LogP contribution in [0.1, 0.15) is 37.1 Å². The van der Waals surface area contributed by atoms with Gasteiger partial charge in [0.05, 0.1) is 24.3 Å². The standard InChI is InChI=1S/C15H22N2O2S/c18-15(5-4-14-16-6-9-20-14)17-7-8-19-11-13(17)10-12-2-1-3-12/h6,9,12-13H,1-5,7-8,10-11H2. The van der Waals surface area contributed by atoms with E-state index in [1.807, 2.05) is 5.38 Å². The molecule has 0 bridgehead atoms. The molecule has 4 nitrogen and oxygen atoms in total. The first-order valence-electron chi connectivity index (χ1n) is 7.58. The molecule has 20 heavy (non-hydrogen) atoms. The maximum Gasteiger partial charge on any atom is 0.223 e. The van der Waals surface area contributed by atoms with Crippen LogP contribution in [0.15, 0.2) is 11.6 Å². The fourth-order valence-corrected chi connectivity index (χ4v) is 3.65. The lowest BCUT2D eigenvalue weighted by Gasteiger charge is -2.39. The fraction of sp³-hybridized carbons (Fsp3) is 0.733. The molecule has 110 valence electrons. The third-order valence-electron chi connectivity index (χ3n) is 4.41. The Bertz CT molecular complexity index is 431. The summed E-state index contributed by atoms with van der Waals surface area (Å²) < 4.78 is 5.58. The van der Waals surface area contributed by atoms with Crippen molar-refractivity contribution >= 4 is 17.2 Å². The number of nitrogens with zero attached hydrogens (tertiary/aromatic N) is 2. The third kappa shape index (κ3) is 3.38. The molecular formula is C15H22N2O2S. The highest BCUT2D eigenvalue weighted by molar-refractivity contribution is 7.09. The molecule has 0 spiro atoms. The van der Waals surface area contributed by atoms with Crippen molar-refractivity contribution in [2.24, 2.45) is 5.92 Å². The summed E-state index contributed by atoms with van der Waals surface area (Å²) in [6.07, 6.45) is 8.30. The molecule has 0 radical (unpaired) electrons. The molecule has 2 aliphatic rings. The maximum atomic E-state index is 12.4. The molecule has 0 aromatic carbocycles. The van der Waals surface area contributed by atoms with Crippen LogP contribution in [-0.2, 0) is 16.0 Å². The average Bonchev–Trinajstić information content (AvgIpc) is 2.94. The number of carbonyl (C=O) groups is 1. The second-order valence-electron chi connectivity index (χ2n) is 5.77. The molecule has 5 heteroatoms. The fourth-order valence-electron chi connectivity index (χ4n) is 3.03. The number of carbonyl (C=O) groups excluding carboxylic acids is 1. The number of aromatic nitrogens is 1. The normalized spacial score (nSPS) is 23.6. The molecule has 0 N–H and O–H groups in total. The predicted octanol–water partition coefficient (Wildman–Crippen LogP) is 2.49. The second-order valence-corrected chi connectivity index (χ2v) is 6.75. The van der Waals surface area contributed by atoms with E-state index < -0.39 is 0 Å². The predicted molar refractivity (Wildman–Crippen MR) is 78.7 cm³/mol. The summed E-state index contributed by atoms with van der Waals surface area (Å²) >= 11 is 1.63. The van der Waals surface area contributed by atoms with Crippen molar-refractivity contribution in [3.8, 4) is 0 Å². The first-order valence-corrected chi connectivity index (χ1v) is 8.46. The average molecular weight is 294 g/mol. The topological polar surface area (TPSA) is 42.4 Å². The minimum Gasteiger partial charge on any atom is -0.377 e. The Balaban J connectivity index is 1.52. The van der Waals surface area contributed by atoms with E-state index in [9.17, 15) is 4.79 Å². The van der Waals surface area contributed by atoms with E-state index in [4.69, 9.17) is 4.74 Å². The van der Waals surface area contributed by atoms with Gasteiger partial charge in [-0.05, 0) is 12.3 Å². The number of morpholine rings is 1. The number of hydrogen-bond donors (Lipinski definition) is 0. The molecule has 3 rings (SSSR count). The number of rotatable bonds is 5. The summed E-state index contributed by atoms with van der Waals surface area (Å²) in [6.45, 7) is 2.16. The summed E-state index contributed by atoms with van der Waals surface area (Å²) in [6, 6.07) is 0.304. The number of aryl methyl sites for hydroxylation is 1. The van der Waals surface area contributed by atoms with E-state index in [0.29, 0.717) is 19.1 Å². The van der Waals surface area contributed by atoms with Gasteiger partial charge in [-0.25, -0.2) is 4.98 Å². The van der Waals surface area contributed by atoms with Gasteiger partial charge in [0.15, 0.2) is 0 Å². The Labute approximate surface area is 124 Å². The van der Waals surface area contributed by atoms with Gasteiger partial charge in [0.25, 0.3) is 0 Å². The summed E-state index contributed by atoms with van der Waals surface area (Å²) in [5.74, 6) is 1.09. The highest BCUT2D eigenvalue weighted by Crippen LogP contribution is 2.32. The van der Waals surface area contributed by atoms with Gasteiger partial charge in [0.1, 0.15) is 0 Å². The number of ether oxygens (including phenoxy) is 1. The zero-order chi connectivity index (χ0) is 13.8. The zero-order valence-corrected chi connectivity index (χ0v) is 12.6. The van der Waals surface area contributed by atoms with Crippen LogP contribution in [0.4, 0.5) is 0 Å². The molecule has 1 aromatic rings. The van der Waals surface area contributed by atoms with Gasteiger partial charge in [0, 0.05) is 31.0 Å². The highest BCUT2D eigenvalue weighted by atomic mass is 32.1. The van der Waals surface area contributed by atoms with E-state index in [1.165, 1.54) is 19.3 Å². The molecule has 2 heterocycles. The van der Waals surface area contributed by atoms with Crippen LogP contribution in [0.3, 0.4) is 0 Å². The van der Waals surface area contributed by atoms with Gasteiger partial charge < -0.3 is 9.64 Å². The van der Waals surface area contributed by atoms with Crippen LogP contribution in [0.2, 0.25) is 0 Å². The Kier molecular flexibility index (Phi) is 4.68. The van der Waals surface area contributed by atoms with Gasteiger partial charge in [-0.3, -0.25) is 4.79 Å². The maximum absolute atomic E-state index is 12.4. The zero-order valence-electron chi connectivity index (χ0n) is 11.8. The molecule has 1 saturated heterocycles. The van der Waals surface area contributed by atoms with Crippen LogP contribution in [0.25, 0.3) is 0 Å². The quantitative estimate of drug-likeness (QED) is 0.838. The third-order valence-corrected chi connectivity index (χ3v) is 5.25. The van der Waals surface area contributed by atoms with Crippen molar-refractivity contribution in [3.05, 3.63) is 16.6 Å². The molecule has 1 atom stereocenters. The smallest absolute Gasteiger partial charge is 0.223 e. The first kappa shape index (κ1) is 14.0. The molecule has 1 unspecified atom stereocenters. The molecular weight excluding hydrogens is 272 g/mol. The van der Waals surface area contributed by atoms with Gasteiger partial charge >= 0.3 is 0 Å². The lowest BCUT2D eigenvalue weighted by Crippen LogP contribution is -2.49. The van der Waals surface area contributed by atoms with Crippen molar-refractivity contribution in [1.29, 1.82) is 0 Å². The first-order chi connectivity index (χ1) is 9.83. The Morgan fingerprint density at radius 3 is 3.10 bits per heavy atom. The molecule has 2 fully saturated rings. The summed E-state index contributed by atoms with van der Waals surface area (Å²) in [7, 11) is 0. The van der Waals surface area contributed by atoms with Gasteiger partial charge in [-0.15, -0.1) is 11.3 Å². The number of amides is 1. The summed E-state index contributed by atoms with van der Waals surface area (Å²) in [4.78, 5) is 18.7. The van der Waals surface area contributed by atoms with Crippen molar-refractivity contribution < 1.29 is 9.53 Å². The highest BCUT2D eigenvalue weighted by Gasteiger charge is 2.31. The van der Waals surface area contributed by atoms with Crippen LogP contribution in [-0.4, -0.2) is 41.6 Å². The van der Waals surface area contributed by atoms with Gasteiger partial charge in [-0.2, -0.15) is 0 Å². The van der Waals surface area contributed by atoms with Crippen molar-refractivity contribution in [2.75, 3.05) is 19.8 Å². The van der Waals surface area contributed by atoms with Gasteiger partial charge in [0.2, 0.25) is 5.91 Å². The molecule has 1 amide bonds. The van der Waals surface area contributed by atoms with Crippen molar-refractivity contribution in [2.45, 2.75) is 44.6 Å². The van der Waals surface area contributed by atoms with E-state index >= 15 is 0 Å². The lowest BCUT2D eigenvalue weighted by atomic mass is 9.80. The van der Waals surface area contributed by atoms with Crippen LogP contribution in [0.5, 0.6) is 0 Å². The SMILES string of the molecule is O=C(CCc1nccs1)N1CCOCC1CC1CCC1. The number of hydrogen-bond acceptors (Lipinski definition) is 4. The molecule has 1 aliphatic heterocycles. The summed E-state index contributed by atoms with van der Waals surface area (Å²) in [5.41, 5.74) is 0. The minimum atomic E-state index is 0.271. The van der Waals surface area contributed by atoms with Crippen molar-refractivity contribution in [3.63, 3.8) is 0 Å². The largest absolute Gasteiger partial charge is 0.377 e. The van der Waals surface area contributed by atoms with E-state index in [1.54, 1.807) is 17.5 Å². The molecule has 1 saturated carbocycles. The lowest BCUT2D eigenvalue weighted by molar-refractivity contribution is -0.140. The van der Waals surface area contributed by atoms with Crippen LogP contribution >= 0.6 is 11.3 Å². The summed E-state index contributed by atoms with van der Waals surface area (Å²) in [5, 5.41) is 3.02. The van der Waals surface area contributed by atoms with Crippen LogP contribution in [0, 0.1) is 5.92 Å². The van der Waals surface area contributed by atoms with Crippen molar-refractivity contribution in [1.82, 2.24) is 9.88 Å². The van der Waals surface area contributed by atoms with E-state index in [-0.39, 0.29) is 5.91 Å². The van der Waals surface area contributed by atoms with E-state index in [2.05, 4.69) is 9.88 Å². The Morgan fingerprint density at radius 2 is 2.40 bits per heavy atom. The monoisotopic (exact) mass is 294 g/mol. The van der Waals surface area contributed by atoms with Gasteiger partial charge in [-0.1, -0.05) is 19.3 Å². The number of thiazole rings is 1. The minimum absolute atomic E-state index is 0.271. The Morgan fingerprint density at radius 1 is 1.50 bits per heavy atom. The van der Waals surface area contributed by atoms with E-state index in [0.717, 1.165) is 36.9 Å². The van der Waals surface area contributed by atoms with Crippen LogP contribution < -0.4 is 0 Å². The molecule has 1 aromatic heterocycles.